The highest BCUT2D eigenvalue weighted by Gasteiger charge is 2.07. The summed E-state index contributed by atoms with van der Waals surface area (Å²) in [4.78, 5) is 4.52. The van der Waals surface area contributed by atoms with Crippen LogP contribution in [0.15, 0.2) is 59.6 Å². The van der Waals surface area contributed by atoms with Gasteiger partial charge in [0, 0.05) is 6.54 Å². The molecule has 0 saturated heterocycles. The lowest BCUT2D eigenvalue weighted by molar-refractivity contribution is 0.625. The molecule has 0 heterocycles. The Hall–Kier alpha value is -1.63. The number of aliphatic imine (C=N–C) groups is 1. The summed E-state index contributed by atoms with van der Waals surface area (Å²) in [5.41, 5.74) is 2.04. The molecule has 124 valence electrons. The summed E-state index contributed by atoms with van der Waals surface area (Å²) in [5, 5.41) is 6.58. The number of nitrogens with one attached hydrogen (secondary N) is 2. The van der Waals surface area contributed by atoms with Crippen LogP contribution in [0.2, 0.25) is 0 Å². The molecule has 0 saturated carbocycles. The summed E-state index contributed by atoms with van der Waals surface area (Å²) in [7, 11) is 0. The van der Waals surface area contributed by atoms with E-state index in [-0.39, 0.29) is 35.8 Å². The average Bonchev–Trinajstić information content (AvgIpc) is 2.54. The second-order valence-electron chi connectivity index (χ2n) is 5.10. The Balaban J connectivity index is 0.00000264. The van der Waals surface area contributed by atoms with Gasteiger partial charge in [-0.05, 0) is 37.1 Å². The van der Waals surface area contributed by atoms with Crippen LogP contribution in [0.5, 0.6) is 0 Å². The Bertz CT molecular complexity index is 617. The number of halogens is 2. The Labute approximate surface area is 154 Å². The fourth-order valence-electron chi connectivity index (χ4n) is 2.16. The van der Waals surface area contributed by atoms with Gasteiger partial charge in [-0.15, -0.1) is 24.0 Å². The maximum absolute atomic E-state index is 13.2. The molecule has 0 fully saturated rings. The molecule has 3 nitrogen and oxygen atoms in total. The normalized spacial score (nSPS) is 12.2. The smallest absolute Gasteiger partial charge is 0.192 e. The first kappa shape index (κ1) is 19.4. The van der Waals surface area contributed by atoms with Crippen molar-refractivity contribution in [2.24, 2.45) is 4.99 Å². The van der Waals surface area contributed by atoms with E-state index in [9.17, 15) is 4.39 Å². The van der Waals surface area contributed by atoms with Crippen LogP contribution in [0, 0.1) is 5.82 Å². The molecule has 0 amide bonds. The minimum absolute atomic E-state index is 0. The van der Waals surface area contributed by atoms with Crippen molar-refractivity contribution in [3.63, 3.8) is 0 Å². The monoisotopic (exact) mass is 427 g/mol. The molecule has 2 aromatic rings. The van der Waals surface area contributed by atoms with Crippen LogP contribution in [-0.2, 0) is 6.54 Å². The van der Waals surface area contributed by atoms with Crippen molar-refractivity contribution in [3.05, 3.63) is 71.5 Å². The molecule has 0 spiro atoms. The van der Waals surface area contributed by atoms with Gasteiger partial charge >= 0.3 is 0 Å². The van der Waals surface area contributed by atoms with Gasteiger partial charge in [-0.3, -0.25) is 0 Å². The van der Waals surface area contributed by atoms with Gasteiger partial charge in [-0.2, -0.15) is 0 Å². The Morgan fingerprint density at radius 2 is 1.87 bits per heavy atom. The molecule has 2 rings (SSSR count). The predicted molar refractivity (Wildman–Crippen MR) is 105 cm³/mol. The van der Waals surface area contributed by atoms with Gasteiger partial charge in [0.2, 0.25) is 0 Å². The van der Waals surface area contributed by atoms with Crippen LogP contribution >= 0.6 is 24.0 Å². The molecule has 0 aromatic heterocycles. The van der Waals surface area contributed by atoms with Crippen molar-refractivity contribution in [1.82, 2.24) is 10.6 Å². The molecule has 0 radical (unpaired) electrons. The van der Waals surface area contributed by atoms with E-state index in [1.54, 1.807) is 6.07 Å². The minimum Gasteiger partial charge on any atom is -0.357 e. The molecular weight excluding hydrogens is 404 g/mol. The number of guanidine groups is 1. The molecule has 5 heteroatoms. The lowest BCUT2D eigenvalue weighted by atomic mass is 10.1. The maximum atomic E-state index is 13.2. The fourth-order valence-corrected chi connectivity index (χ4v) is 2.16. The first-order valence-electron chi connectivity index (χ1n) is 7.53. The molecule has 0 aliphatic rings. The third-order valence-corrected chi connectivity index (χ3v) is 3.31. The van der Waals surface area contributed by atoms with E-state index < -0.39 is 0 Å². The van der Waals surface area contributed by atoms with Crippen molar-refractivity contribution in [2.45, 2.75) is 26.4 Å². The number of hydrogen-bond acceptors (Lipinski definition) is 1. The Kier molecular flexibility index (Phi) is 8.61. The largest absolute Gasteiger partial charge is 0.357 e. The molecular formula is C18H23FIN3. The fraction of sp³-hybridized carbons (Fsp3) is 0.278. The first-order valence-corrected chi connectivity index (χ1v) is 7.53. The summed E-state index contributed by atoms with van der Waals surface area (Å²) in [6, 6.07) is 16.9. The SMILES string of the molecule is CCNC(=NCc1cccc(F)c1)NC(C)c1ccccc1.I. The van der Waals surface area contributed by atoms with Gasteiger partial charge in [0.15, 0.2) is 5.96 Å². The van der Waals surface area contributed by atoms with Crippen molar-refractivity contribution in [3.8, 4) is 0 Å². The van der Waals surface area contributed by atoms with Crippen LogP contribution in [-0.4, -0.2) is 12.5 Å². The van der Waals surface area contributed by atoms with E-state index in [1.165, 1.54) is 17.7 Å². The van der Waals surface area contributed by atoms with Crippen LogP contribution in [0.4, 0.5) is 4.39 Å². The quantitative estimate of drug-likeness (QED) is 0.425. The van der Waals surface area contributed by atoms with Gasteiger partial charge < -0.3 is 10.6 Å². The molecule has 1 unspecified atom stereocenters. The number of hydrogen-bond donors (Lipinski definition) is 2. The van der Waals surface area contributed by atoms with E-state index in [4.69, 9.17) is 0 Å². The zero-order valence-electron chi connectivity index (χ0n) is 13.4. The molecule has 0 aliphatic heterocycles. The van der Waals surface area contributed by atoms with Crippen LogP contribution in [0.25, 0.3) is 0 Å². The molecule has 0 bridgehead atoms. The van der Waals surface area contributed by atoms with E-state index >= 15 is 0 Å². The zero-order valence-corrected chi connectivity index (χ0v) is 15.8. The first-order chi connectivity index (χ1) is 10.7. The highest BCUT2D eigenvalue weighted by Crippen LogP contribution is 2.11. The summed E-state index contributed by atoms with van der Waals surface area (Å²) in [6.07, 6.45) is 0. The lowest BCUT2D eigenvalue weighted by Crippen LogP contribution is -2.38. The summed E-state index contributed by atoms with van der Waals surface area (Å²) >= 11 is 0. The highest BCUT2D eigenvalue weighted by atomic mass is 127. The average molecular weight is 427 g/mol. The standard InChI is InChI=1S/C18H22FN3.HI/c1-3-20-18(21-13-15-8-7-11-17(19)12-15)22-14(2)16-9-5-4-6-10-16;/h4-12,14H,3,13H2,1-2H3,(H2,20,21,22);1H. The molecule has 2 N–H and O–H groups in total. The second-order valence-corrected chi connectivity index (χ2v) is 5.10. The molecule has 0 aliphatic carbocycles. The van der Waals surface area contributed by atoms with Gasteiger partial charge in [-0.25, -0.2) is 9.38 Å². The molecule has 2 aromatic carbocycles. The van der Waals surface area contributed by atoms with E-state index in [0.717, 1.165) is 18.1 Å². The number of nitrogens with zero attached hydrogens (tertiary/aromatic N) is 1. The summed E-state index contributed by atoms with van der Waals surface area (Å²) in [5.74, 6) is 0.492. The third-order valence-electron chi connectivity index (χ3n) is 3.31. The Morgan fingerprint density at radius 1 is 1.13 bits per heavy atom. The second kappa shape index (κ2) is 10.2. The Morgan fingerprint density at radius 3 is 2.52 bits per heavy atom. The summed E-state index contributed by atoms with van der Waals surface area (Å²) < 4.78 is 13.2. The van der Waals surface area contributed by atoms with E-state index in [0.29, 0.717) is 6.54 Å². The van der Waals surface area contributed by atoms with Crippen LogP contribution in [0.1, 0.15) is 31.0 Å². The summed E-state index contributed by atoms with van der Waals surface area (Å²) in [6.45, 7) is 5.32. The van der Waals surface area contributed by atoms with Crippen LogP contribution < -0.4 is 10.6 Å². The van der Waals surface area contributed by atoms with Crippen molar-refractivity contribution in [2.75, 3.05) is 6.54 Å². The topological polar surface area (TPSA) is 36.4 Å². The molecule has 1 atom stereocenters. The minimum atomic E-state index is -0.233. The van der Waals surface area contributed by atoms with Gasteiger partial charge in [0.25, 0.3) is 0 Å². The maximum Gasteiger partial charge on any atom is 0.192 e. The number of rotatable bonds is 5. The zero-order chi connectivity index (χ0) is 15.8. The van der Waals surface area contributed by atoms with Crippen molar-refractivity contribution >= 4 is 29.9 Å². The predicted octanol–water partition coefficient (Wildman–Crippen LogP) is 4.26. The lowest BCUT2D eigenvalue weighted by Gasteiger charge is -2.18. The van der Waals surface area contributed by atoms with Crippen LogP contribution in [0.3, 0.4) is 0 Å². The van der Waals surface area contributed by atoms with Gasteiger partial charge in [0.05, 0.1) is 12.6 Å². The highest BCUT2D eigenvalue weighted by molar-refractivity contribution is 14.0. The van der Waals surface area contributed by atoms with Gasteiger partial charge in [-0.1, -0.05) is 42.5 Å². The molecule has 23 heavy (non-hydrogen) atoms. The van der Waals surface area contributed by atoms with E-state index in [1.807, 2.05) is 31.2 Å². The van der Waals surface area contributed by atoms with Crippen molar-refractivity contribution < 1.29 is 4.39 Å². The van der Waals surface area contributed by atoms with E-state index in [2.05, 4.69) is 34.7 Å². The van der Waals surface area contributed by atoms with Crippen molar-refractivity contribution in [1.29, 1.82) is 0 Å². The van der Waals surface area contributed by atoms with Gasteiger partial charge in [0.1, 0.15) is 5.82 Å². The third kappa shape index (κ3) is 6.56. The number of benzene rings is 2.